The van der Waals surface area contributed by atoms with Gasteiger partial charge in [0.1, 0.15) is 12.0 Å². The predicted molar refractivity (Wildman–Crippen MR) is 136 cm³/mol. The molecule has 2 fully saturated rings. The van der Waals surface area contributed by atoms with Gasteiger partial charge in [0, 0.05) is 18.3 Å². The second kappa shape index (κ2) is 9.17. The fraction of sp³-hybridized carbons (Fsp3) is 0.533. The number of rotatable bonds is 3. The van der Waals surface area contributed by atoms with Crippen LogP contribution in [0.15, 0.2) is 52.0 Å². The van der Waals surface area contributed by atoms with Crippen LogP contribution in [0.5, 0.6) is 0 Å². The number of hydrogen-bond acceptors (Lipinski definition) is 3. The molecule has 37 heavy (non-hydrogen) atoms. The van der Waals surface area contributed by atoms with Gasteiger partial charge in [0.15, 0.2) is 10.7 Å². The SMILES string of the molecule is CC(=O)[C@@]1(C#CC(F)(F)F)CC[C@H]2[C@@H]3CCC4=CC(=O)CCC4=C3[C@@H](c3ccc([S+](C)[O-])cc3)C[C@@]21C. The van der Waals surface area contributed by atoms with Crippen LogP contribution >= 0.6 is 0 Å². The molecule has 1 aromatic rings. The number of carbonyl (C=O) groups excluding carboxylic acids is 2. The van der Waals surface area contributed by atoms with Gasteiger partial charge in [-0.1, -0.05) is 30.6 Å². The molecule has 7 heteroatoms. The molecule has 0 aromatic heterocycles. The molecule has 3 nitrogen and oxygen atoms in total. The summed E-state index contributed by atoms with van der Waals surface area (Å²) in [6.07, 6.45) is 2.95. The topological polar surface area (TPSA) is 57.2 Å². The molecule has 0 bridgehead atoms. The number of hydrogen-bond donors (Lipinski definition) is 0. The van der Waals surface area contributed by atoms with Crippen LogP contribution in [-0.4, -0.2) is 28.6 Å². The summed E-state index contributed by atoms with van der Waals surface area (Å²) in [5.74, 6) is 3.87. The summed E-state index contributed by atoms with van der Waals surface area (Å²) in [5, 5.41) is 0. The van der Waals surface area contributed by atoms with Crippen molar-refractivity contribution >= 4 is 22.7 Å². The van der Waals surface area contributed by atoms with Crippen LogP contribution in [0.1, 0.15) is 70.3 Å². The Bertz CT molecular complexity index is 1260. The van der Waals surface area contributed by atoms with Gasteiger partial charge in [0.2, 0.25) is 0 Å². The lowest BCUT2D eigenvalue weighted by molar-refractivity contribution is -0.130. The van der Waals surface area contributed by atoms with Crippen LogP contribution < -0.4 is 0 Å². The molecule has 4 aliphatic carbocycles. The zero-order valence-electron chi connectivity index (χ0n) is 21.3. The van der Waals surface area contributed by atoms with Crippen molar-refractivity contribution in [3.63, 3.8) is 0 Å². The number of halogens is 3. The number of carbonyl (C=O) groups is 2. The summed E-state index contributed by atoms with van der Waals surface area (Å²) in [6, 6.07) is 7.63. The molecular weight excluding hydrogens is 497 g/mol. The smallest absolute Gasteiger partial charge is 0.457 e. The summed E-state index contributed by atoms with van der Waals surface area (Å²) in [5.41, 5.74) is 2.54. The van der Waals surface area contributed by atoms with Crippen molar-refractivity contribution in [1.29, 1.82) is 0 Å². The third-order valence-corrected chi connectivity index (χ3v) is 10.5. The molecule has 196 valence electrons. The van der Waals surface area contributed by atoms with Crippen LogP contribution in [0.2, 0.25) is 0 Å². The van der Waals surface area contributed by atoms with Crippen LogP contribution in [0, 0.1) is 34.5 Å². The highest BCUT2D eigenvalue weighted by Crippen LogP contribution is 2.69. The van der Waals surface area contributed by atoms with E-state index in [-0.39, 0.29) is 29.3 Å². The molecule has 0 aliphatic heterocycles. The highest BCUT2D eigenvalue weighted by atomic mass is 32.2. The Balaban J connectivity index is 1.69. The Labute approximate surface area is 219 Å². The average Bonchev–Trinajstić information content (AvgIpc) is 3.14. The maximum atomic E-state index is 13.3. The summed E-state index contributed by atoms with van der Waals surface area (Å²) >= 11 is -1.13. The lowest BCUT2D eigenvalue weighted by Crippen LogP contribution is -2.50. The fourth-order valence-electron chi connectivity index (χ4n) is 7.93. The molecule has 0 saturated heterocycles. The monoisotopic (exact) mass is 528 g/mol. The quantitative estimate of drug-likeness (QED) is 0.334. The molecule has 1 aromatic carbocycles. The van der Waals surface area contributed by atoms with Crippen molar-refractivity contribution in [2.24, 2.45) is 22.7 Å². The molecule has 0 radical (unpaired) electrons. The number of alkyl halides is 3. The van der Waals surface area contributed by atoms with Crippen molar-refractivity contribution in [1.82, 2.24) is 0 Å². The first-order chi connectivity index (χ1) is 17.4. The lowest BCUT2D eigenvalue weighted by Gasteiger charge is -2.54. The molecule has 4 aliphatic rings. The van der Waals surface area contributed by atoms with Gasteiger partial charge < -0.3 is 4.55 Å². The fourth-order valence-corrected chi connectivity index (χ4v) is 8.45. The average molecular weight is 529 g/mol. The van der Waals surface area contributed by atoms with E-state index in [9.17, 15) is 27.3 Å². The summed E-state index contributed by atoms with van der Waals surface area (Å²) in [7, 11) is 0. The van der Waals surface area contributed by atoms with Gasteiger partial charge in [-0.3, -0.25) is 9.59 Å². The third kappa shape index (κ3) is 4.30. The van der Waals surface area contributed by atoms with Crippen LogP contribution in [0.25, 0.3) is 0 Å². The van der Waals surface area contributed by atoms with E-state index in [1.807, 2.05) is 31.2 Å². The normalized spacial score (nSPS) is 34.0. The van der Waals surface area contributed by atoms with E-state index >= 15 is 0 Å². The van der Waals surface area contributed by atoms with E-state index in [0.717, 1.165) is 24.0 Å². The minimum absolute atomic E-state index is 0.0410. The van der Waals surface area contributed by atoms with Crippen molar-refractivity contribution in [3.8, 4) is 11.8 Å². The van der Waals surface area contributed by atoms with E-state index in [1.54, 1.807) is 12.3 Å². The molecular formula is C30H31F3O3S. The second-order valence-corrected chi connectivity index (χ2v) is 12.6. The Morgan fingerprint density at radius 2 is 1.84 bits per heavy atom. The highest BCUT2D eigenvalue weighted by molar-refractivity contribution is 7.90. The molecule has 1 unspecified atom stereocenters. The van der Waals surface area contributed by atoms with Gasteiger partial charge in [-0.2, -0.15) is 13.2 Å². The Hall–Kier alpha value is -2.30. The first kappa shape index (κ1) is 26.3. The van der Waals surface area contributed by atoms with Crippen molar-refractivity contribution in [3.05, 3.63) is 52.6 Å². The van der Waals surface area contributed by atoms with Crippen LogP contribution in [0.3, 0.4) is 0 Å². The number of allylic oxidation sites excluding steroid dienone is 4. The molecule has 6 atom stereocenters. The summed E-state index contributed by atoms with van der Waals surface area (Å²) in [6.45, 7) is 3.37. The van der Waals surface area contributed by atoms with E-state index in [0.29, 0.717) is 37.0 Å². The molecule has 5 rings (SSSR count). The number of fused-ring (bicyclic) bond motifs is 4. The minimum Gasteiger partial charge on any atom is -0.612 e. The molecule has 0 amide bonds. The highest BCUT2D eigenvalue weighted by Gasteiger charge is 2.65. The predicted octanol–water partition coefficient (Wildman–Crippen LogP) is 6.46. The molecule has 2 saturated carbocycles. The van der Waals surface area contributed by atoms with Crippen molar-refractivity contribution < 1.29 is 27.3 Å². The van der Waals surface area contributed by atoms with Gasteiger partial charge in [0.25, 0.3) is 0 Å². The first-order valence-corrected chi connectivity index (χ1v) is 14.4. The van der Waals surface area contributed by atoms with Crippen molar-refractivity contribution in [2.45, 2.75) is 75.8 Å². The van der Waals surface area contributed by atoms with Crippen LogP contribution in [-0.2, 0) is 20.8 Å². The zero-order valence-corrected chi connectivity index (χ0v) is 22.2. The molecule has 0 heterocycles. The summed E-state index contributed by atoms with van der Waals surface area (Å²) in [4.78, 5) is 26.1. The first-order valence-electron chi connectivity index (χ1n) is 12.9. The Morgan fingerprint density at radius 1 is 1.14 bits per heavy atom. The minimum atomic E-state index is -4.66. The van der Waals surface area contributed by atoms with E-state index < -0.39 is 28.2 Å². The van der Waals surface area contributed by atoms with Gasteiger partial charge in [0.05, 0.1) is 5.41 Å². The zero-order chi connectivity index (χ0) is 26.8. The standard InChI is InChI=1S/C30H31F3O3S/c1-18(34)29(14-15-30(31,32)33)13-12-26-24-10-6-20-16-21(35)7-11-23(20)27(24)25(17-28(26,29)2)19-4-8-22(9-5-19)37(3)36/h4-5,8-9,16,24-26H,6-7,10-13,17H2,1-3H3/t24-,25+,26-,28-,29-,37?/m0/s1. The number of benzene rings is 1. The number of ketones is 2. The largest absolute Gasteiger partial charge is 0.612 e. The van der Waals surface area contributed by atoms with Gasteiger partial charge in [-0.05, 0) is 109 Å². The van der Waals surface area contributed by atoms with Crippen molar-refractivity contribution in [2.75, 3.05) is 6.26 Å². The molecule has 0 N–H and O–H groups in total. The number of Topliss-reactive ketones (excluding diaryl/α,β-unsaturated/α-hetero) is 1. The Kier molecular flexibility index (Phi) is 6.52. The Morgan fingerprint density at radius 3 is 2.46 bits per heavy atom. The van der Waals surface area contributed by atoms with E-state index in [2.05, 4.69) is 5.92 Å². The second-order valence-electron chi connectivity index (χ2n) is 11.3. The maximum absolute atomic E-state index is 13.3. The lowest BCUT2D eigenvalue weighted by atomic mass is 9.48. The third-order valence-electron chi connectivity index (χ3n) is 9.56. The van der Waals surface area contributed by atoms with E-state index in [4.69, 9.17) is 0 Å². The maximum Gasteiger partial charge on any atom is 0.457 e. The van der Waals surface area contributed by atoms with Crippen LogP contribution in [0.4, 0.5) is 13.2 Å². The molecule has 0 spiro atoms. The van der Waals surface area contributed by atoms with E-state index in [1.165, 1.54) is 24.0 Å². The summed E-state index contributed by atoms with van der Waals surface area (Å²) < 4.78 is 51.8. The van der Waals surface area contributed by atoms with Gasteiger partial charge in [-0.25, -0.2) is 0 Å². The van der Waals surface area contributed by atoms with Gasteiger partial charge in [-0.15, -0.1) is 0 Å². The van der Waals surface area contributed by atoms with Gasteiger partial charge >= 0.3 is 6.18 Å².